The van der Waals surface area contributed by atoms with Gasteiger partial charge in [0.1, 0.15) is 6.04 Å². The topological polar surface area (TPSA) is 92.1 Å². The number of hydrogen-bond donors (Lipinski definition) is 3. The summed E-state index contributed by atoms with van der Waals surface area (Å²) in [4.78, 5) is 14.9. The Morgan fingerprint density at radius 1 is 1.23 bits per heavy atom. The van der Waals surface area contributed by atoms with Gasteiger partial charge in [0.15, 0.2) is 0 Å². The van der Waals surface area contributed by atoms with Crippen molar-refractivity contribution in [2.24, 2.45) is 0 Å². The van der Waals surface area contributed by atoms with Gasteiger partial charge in [-0.15, -0.1) is 21.5 Å². The van der Waals surface area contributed by atoms with E-state index >= 15 is 0 Å². The summed E-state index contributed by atoms with van der Waals surface area (Å²) in [6.45, 7) is 2.29. The van der Waals surface area contributed by atoms with E-state index in [9.17, 15) is 4.79 Å². The summed E-state index contributed by atoms with van der Waals surface area (Å²) in [7, 11) is 0. The lowest BCUT2D eigenvalue weighted by Gasteiger charge is -2.08. The van der Waals surface area contributed by atoms with Crippen LogP contribution in [0.1, 0.15) is 28.1 Å². The molecule has 3 aromatic rings. The Hall–Kier alpha value is -2.55. The molecule has 2 unspecified atom stereocenters. The fraction of sp³-hybridized carbons (Fsp3) is 0.278. The molecule has 1 amide bonds. The minimum Gasteiger partial charge on any atom is -0.419 e. The van der Waals surface area contributed by atoms with Crippen LogP contribution in [-0.4, -0.2) is 22.1 Å². The molecule has 0 saturated carbocycles. The van der Waals surface area contributed by atoms with Crippen molar-refractivity contribution in [3.63, 3.8) is 0 Å². The molecule has 2 aromatic heterocycles. The number of hydrazine groups is 1. The molecule has 26 heavy (non-hydrogen) atoms. The van der Waals surface area contributed by atoms with Crippen LogP contribution in [0.25, 0.3) is 11.5 Å². The summed E-state index contributed by atoms with van der Waals surface area (Å²) in [5.74, 6) is 0.741. The van der Waals surface area contributed by atoms with E-state index in [2.05, 4.69) is 45.4 Å². The average Bonchev–Trinajstić information content (AvgIpc) is 3.40. The number of nitrogens with one attached hydrogen (secondary N) is 3. The predicted molar refractivity (Wildman–Crippen MR) is 98.1 cm³/mol. The molecule has 3 heterocycles. The first-order chi connectivity index (χ1) is 12.7. The van der Waals surface area contributed by atoms with Crippen molar-refractivity contribution >= 4 is 17.2 Å². The van der Waals surface area contributed by atoms with Crippen molar-refractivity contribution in [1.82, 2.24) is 26.4 Å². The van der Waals surface area contributed by atoms with E-state index in [0.717, 1.165) is 5.56 Å². The lowest BCUT2D eigenvalue weighted by molar-refractivity contribution is -0.123. The monoisotopic (exact) mass is 369 g/mol. The highest BCUT2D eigenvalue weighted by Gasteiger charge is 2.30. The minimum atomic E-state index is -0.293. The molecule has 1 fully saturated rings. The van der Waals surface area contributed by atoms with E-state index in [1.807, 2.05) is 30.3 Å². The molecule has 2 atom stereocenters. The molecule has 1 aliphatic heterocycles. The number of amides is 1. The van der Waals surface area contributed by atoms with Gasteiger partial charge in [0, 0.05) is 15.3 Å². The molecule has 8 heteroatoms. The highest BCUT2D eigenvalue weighted by Crippen LogP contribution is 2.28. The van der Waals surface area contributed by atoms with Crippen LogP contribution < -0.4 is 16.2 Å². The number of rotatable bonds is 5. The standard InChI is InChI=1S/C18H19N5O2S/c1-11-7-8-15(26-11)13-9-14(21-20-13)17(24)19-10-16-22-23-18(25-16)12-5-3-2-4-6-12/h2-8,13-14,20-21H,9-10H2,1H3,(H,19,24). The molecule has 1 aliphatic rings. The molecule has 1 aromatic carbocycles. The highest BCUT2D eigenvalue weighted by atomic mass is 32.1. The number of thiophene rings is 1. The van der Waals surface area contributed by atoms with Gasteiger partial charge in [0.25, 0.3) is 0 Å². The molecule has 3 N–H and O–H groups in total. The molecular formula is C18H19N5O2S. The maximum absolute atomic E-state index is 12.4. The smallest absolute Gasteiger partial charge is 0.247 e. The Morgan fingerprint density at radius 2 is 2.08 bits per heavy atom. The number of benzene rings is 1. The molecule has 1 saturated heterocycles. The van der Waals surface area contributed by atoms with Crippen LogP contribution in [-0.2, 0) is 11.3 Å². The van der Waals surface area contributed by atoms with Crippen molar-refractivity contribution < 1.29 is 9.21 Å². The summed E-state index contributed by atoms with van der Waals surface area (Å²) in [5, 5.41) is 10.9. The molecule has 134 valence electrons. The van der Waals surface area contributed by atoms with E-state index in [-0.39, 0.29) is 24.5 Å². The average molecular weight is 369 g/mol. The van der Waals surface area contributed by atoms with Gasteiger partial charge in [0.2, 0.25) is 17.7 Å². The molecular weight excluding hydrogens is 350 g/mol. The molecule has 0 aliphatic carbocycles. The normalized spacial score (nSPS) is 19.6. The van der Waals surface area contributed by atoms with Crippen molar-refractivity contribution in [3.05, 3.63) is 58.1 Å². The van der Waals surface area contributed by atoms with E-state index in [1.54, 1.807) is 11.3 Å². The first kappa shape index (κ1) is 16.9. The largest absolute Gasteiger partial charge is 0.419 e. The van der Waals surface area contributed by atoms with Crippen molar-refractivity contribution in [3.8, 4) is 11.5 Å². The van der Waals surface area contributed by atoms with Crippen LogP contribution in [0, 0.1) is 6.92 Å². The van der Waals surface area contributed by atoms with E-state index in [4.69, 9.17) is 4.42 Å². The summed E-state index contributed by atoms with van der Waals surface area (Å²) >= 11 is 1.74. The SMILES string of the molecule is Cc1ccc(C2CC(C(=O)NCc3nnc(-c4ccccc4)o3)NN2)s1. The van der Waals surface area contributed by atoms with Crippen LogP contribution in [0.15, 0.2) is 46.9 Å². The number of aromatic nitrogens is 2. The Bertz CT molecular complexity index is 892. The van der Waals surface area contributed by atoms with Gasteiger partial charge in [-0.1, -0.05) is 18.2 Å². The van der Waals surface area contributed by atoms with E-state index < -0.39 is 0 Å². The third-order valence-electron chi connectivity index (χ3n) is 4.23. The fourth-order valence-corrected chi connectivity index (χ4v) is 3.81. The zero-order valence-corrected chi connectivity index (χ0v) is 15.0. The summed E-state index contributed by atoms with van der Waals surface area (Å²) in [6, 6.07) is 13.6. The summed E-state index contributed by atoms with van der Waals surface area (Å²) < 4.78 is 5.60. The number of aryl methyl sites for hydroxylation is 1. The lowest BCUT2D eigenvalue weighted by atomic mass is 10.1. The summed E-state index contributed by atoms with van der Waals surface area (Å²) in [5.41, 5.74) is 7.10. The van der Waals surface area contributed by atoms with Crippen LogP contribution in [0.4, 0.5) is 0 Å². The quantitative estimate of drug-likeness (QED) is 0.639. The Morgan fingerprint density at radius 3 is 2.85 bits per heavy atom. The van der Waals surface area contributed by atoms with Crippen molar-refractivity contribution in [2.45, 2.75) is 32.0 Å². The summed E-state index contributed by atoms with van der Waals surface area (Å²) in [6.07, 6.45) is 0.699. The zero-order valence-electron chi connectivity index (χ0n) is 14.2. The molecule has 0 spiro atoms. The molecule has 0 bridgehead atoms. The van der Waals surface area contributed by atoms with Gasteiger partial charge in [-0.05, 0) is 37.6 Å². The van der Waals surface area contributed by atoms with Crippen molar-refractivity contribution in [1.29, 1.82) is 0 Å². The number of carbonyl (C=O) groups is 1. The van der Waals surface area contributed by atoms with E-state index in [0.29, 0.717) is 18.2 Å². The third-order valence-corrected chi connectivity index (χ3v) is 5.34. The van der Waals surface area contributed by atoms with Crippen LogP contribution in [0.5, 0.6) is 0 Å². The second-order valence-electron chi connectivity index (χ2n) is 6.16. The fourth-order valence-electron chi connectivity index (χ4n) is 2.86. The van der Waals surface area contributed by atoms with Crippen LogP contribution in [0.3, 0.4) is 0 Å². The first-order valence-electron chi connectivity index (χ1n) is 8.42. The van der Waals surface area contributed by atoms with Gasteiger partial charge in [-0.3, -0.25) is 4.79 Å². The molecule has 7 nitrogen and oxygen atoms in total. The first-order valence-corrected chi connectivity index (χ1v) is 9.23. The minimum absolute atomic E-state index is 0.0901. The number of carbonyl (C=O) groups excluding carboxylic acids is 1. The predicted octanol–water partition coefficient (Wildman–Crippen LogP) is 2.33. The van der Waals surface area contributed by atoms with Gasteiger partial charge >= 0.3 is 0 Å². The van der Waals surface area contributed by atoms with Gasteiger partial charge in [-0.2, -0.15) is 0 Å². The Kier molecular flexibility index (Phi) is 4.79. The highest BCUT2D eigenvalue weighted by molar-refractivity contribution is 7.12. The maximum Gasteiger partial charge on any atom is 0.247 e. The van der Waals surface area contributed by atoms with Gasteiger partial charge in [-0.25, -0.2) is 10.9 Å². The third kappa shape index (κ3) is 3.67. The molecule has 4 rings (SSSR count). The maximum atomic E-state index is 12.4. The van der Waals surface area contributed by atoms with Gasteiger partial charge in [0.05, 0.1) is 12.6 Å². The van der Waals surface area contributed by atoms with Crippen LogP contribution >= 0.6 is 11.3 Å². The molecule has 0 radical (unpaired) electrons. The second kappa shape index (κ2) is 7.36. The number of hydrogen-bond acceptors (Lipinski definition) is 7. The van der Waals surface area contributed by atoms with Crippen LogP contribution in [0.2, 0.25) is 0 Å². The second-order valence-corrected chi connectivity index (χ2v) is 7.48. The Labute approximate surface area is 154 Å². The zero-order chi connectivity index (χ0) is 17.9. The van der Waals surface area contributed by atoms with Crippen molar-refractivity contribution in [2.75, 3.05) is 0 Å². The lowest BCUT2D eigenvalue weighted by Crippen LogP contribution is -2.42. The van der Waals surface area contributed by atoms with E-state index in [1.165, 1.54) is 9.75 Å². The Balaban J connectivity index is 1.31. The number of nitrogens with zero attached hydrogens (tertiary/aromatic N) is 2. The van der Waals surface area contributed by atoms with Gasteiger partial charge < -0.3 is 9.73 Å².